The molecule has 1 N–H and O–H groups in total. The number of ether oxygens (including phenoxy) is 2. The Labute approximate surface area is 165 Å². The molecule has 1 aromatic rings. The quantitative estimate of drug-likeness (QED) is 0.827. The third-order valence-electron chi connectivity index (χ3n) is 4.23. The summed E-state index contributed by atoms with van der Waals surface area (Å²) in [5, 5.41) is 9.22. The second-order valence-corrected chi connectivity index (χ2v) is 7.78. The molecular formula is C20H28N2O6. The molecule has 0 aromatic heterocycles. The molecule has 0 saturated carbocycles. The lowest BCUT2D eigenvalue weighted by Crippen LogP contribution is -2.53. The van der Waals surface area contributed by atoms with Crippen LogP contribution in [-0.4, -0.2) is 64.3 Å². The van der Waals surface area contributed by atoms with Gasteiger partial charge in [-0.1, -0.05) is 30.3 Å². The number of nitrogens with zero attached hydrogens (tertiary/aromatic N) is 2. The number of hydrogen-bond donors (Lipinski definition) is 1. The van der Waals surface area contributed by atoms with Gasteiger partial charge >= 0.3 is 18.2 Å². The third kappa shape index (κ3) is 6.75. The van der Waals surface area contributed by atoms with Crippen LogP contribution in [0, 0.1) is 0 Å². The second-order valence-electron chi connectivity index (χ2n) is 7.78. The Kier molecular flexibility index (Phi) is 7.25. The standard InChI is InChI=1S/C20H28N2O6/c1-20(2,3)28-18(25)21-11-7-10-16(12-21)22(13-17(23)24)19(26)27-14-15-8-5-4-6-9-15/h4-6,8-9,16H,7,10-14H2,1-3H3,(H,23,24)/t16-/m1/s1. The van der Waals surface area contributed by atoms with Crippen LogP contribution in [0.1, 0.15) is 39.2 Å². The minimum absolute atomic E-state index is 0.0539. The van der Waals surface area contributed by atoms with Gasteiger partial charge in [-0.05, 0) is 39.2 Å². The van der Waals surface area contributed by atoms with E-state index in [1.165, 1.54) is 9.80 Å². The molecule has 1 aliphatic rings. The molecule has 0 aliphatic carbocycles. The van der Waals surface area contributed by atoms with E-state index in [4.69, 9.17) is 9.47 Å². The molecule has 2 rings (SSSR count). The van der Waals surface area contributed by atoms with Crippen molar-refractivity contribution in [3.63, 3.8) is 0 Å². The molecule has 1 fully saturated rings. The van der Waals surface area contributed by atoms with Crippen molar-refractivity contribution in [2.75, 3.05) is 19.6 Å². The first-order valence-electron chi connectivity index (χ1n) is 9.33. The van der Waals surface area contributed by atoms with E-state index in [1.807, 2.05) is 30.3 Å². The lowest BCUT2D eigenvalue weighted by Gasteiger charge is -2.38. The highest BCUT2D eigenvalue weighted by Gasteiger charge is 2.34. The van der Waals surface area contributed by atoms with Gasteiger partial charge in [0.2, 0.25) is 0 Å². The molecule has 8 nitrogen and oxygen atoms in total. The van der Waals surface area contributed by atoms with Gasteiger partial charge < -0.3 is 19.5 Å². The van der Waals surface area contributed by atoms with Crippen molar-refractivity contribution in [3.05, 3.63) is 35.9 Å². The molecule has 0 spiro atoms. The van der Waals surface area contributed by atoms with Crippen LogP contribution in [0.2, 0.25) is 0 Å². The molecule has 1 aliphatic heterocycles. The van der Waals surface area contributed by atoms with Crippen LogP contribution in [0.3, 0.4) is 0 Å². The fourth-order valence-corrected chi connectivity index (χ4v) is 2.99. The molecule has 0 unspecified atom stereocenters. The normalized spacial score (nSPS) is 17.0. The van der Waals surface area contributed by atoms with E-state index < -0.39 is 36.3 Å². The number of likely N-dealkylation sites (tertiary alicyclic amines) is 1. The monoisotopic (exact) mass is 392 g/mol. The molecule has 0 bridgehead atoms. The van der Waals surface area contributed by atoms with Gasteiger partial charge in [-0.25, -0.2) is 9.59 Å². The first-order chi connectivity index (χ1) is 13.2. The van der Waals surface area contributed by atoms with Crippen molar-refractivity contribution in [1.29, 1.82) is 0 Å². The summed E-state index contributed by atoms with van der Waals surface area (Å²) in [6.45, 7) is 5.63. The number of carboxylic acids is 1. The van der Waals surface area contributed by atoms with Gasteiger partial charge in [0.1, 0.15) is 18.8 Å². The Morgan fingerprint density at radius 3 is 2.50 bits per heavy atom. The smallest absolute Gasteiger partial charge is 0.410 e. The maximum atomic E-state index is 12.6. The van der Waals surface area contributed by atoms with Gasteiger partial charge in [0.05, 0.1) is 6.04 Å². The Bertz CT molecular complexity index is 686. The predicted octanol–water partition coefficient (Wildman–Crippen LogP) is 3.11. The lowest BCUT2D eigenvalue weighted by atomic mass is 10.0. The summed E-state index contributed by atoms with van der Waals surface area (Å²) in [6.07, 6.45) is 0.0614. The van der Waals surface area contributed by atoms with Crippen LogP contribution in [0.15, 0.2) is 30.3 Å². The van der Waals surface area contributed by atoms with Gasteiger partial charge in [0.25, 0.3) is 0 Å². The van der Waals surface area contributed by atoms with Gasteiger partial charge in [-0.15, -0.1) is 0 Å². The molecule has 1 saturated heterocycles. The molecule has 1 atom stereocenters. The van der Waals surface area contributed by atoms with E-state index in [-0.39, 0.29) is 13.2 Å². The second kappa shape index (κ2) is 9.43. The number of hydrogen-bond acceptors (Lipinski definition) is 5. The van der Waals surface area contributed by atoms with E-state index >= 15 is 0 Å². The van der Waals surface area contributed by atoms with E-state index in [1.54, 1.807) is 20.8 Å². The Morgan fingerprint density at radius 2 is 1.89 bits per heavy atom. The maximum absolute atomic E-state index is 12.6. The van der Waals surface area contributed by atoms with Crippen LogP contribution in [-0.2, 0) is 20.9 Å². The number of carbonyl (C=O) groups is 3. The first kappa shape index (κ1) is 21.5. The zero-order valence-corrected chi connectivity index (χ0v) is 16.6. The van der Waals surface area contributed by atoms with Crippen molar-refractivity contribution < 1.29 is 29.0 Å². The van der Waals surface area contributed by atoms with Crippen LogP contribution in [0.25, 0.3) is 0 Å². The van der Waals surface area contributed by atoms with Crippen molar-refractivity contribution in [2.45, 2.75) is 51.9 Å². The average molecular weight is 392 g/mol. The van der Waals surface area contributed by atoms with E-state index in [0.29, 0.717) is 19.4 Å². The highest BCUT2D eigenvalue weighted by molar-refractivity contribution is 5.77. The largest absolute Gasteiger partial charge is 0.480 e. The fraction of sp³-hybridized carbons (Fsp3) is 0.550. The zero-order chi connectivity index (χ0) is 20.7. The molecule has 28 heavy (non-hydrogen) atoms. The number of aliphatic carboxylic acids is 1. The Balaban J connectivity index is 2.03. The van der Waals surface area contributed by atoms with E-state index in [2.05, 4.69) is 0 Å². The van der Waals surface area contributed by atoms with Crippen molar-refractivity contribution in [1.82, 2.24) is 9.80 Å². The van der Waals surface area contributed by atoms with Crippen molar-refractivity contribution in [3.8, 4) is 0 Å². The van der Waals surface area contributed by atoms with Crippen molar-refractivity contribution in [2.24, 2.45) is 0 Å². The molecule has 1 aromatic carbocycles. The van der Waals surface area contributed by atoms with Crippen molar-refractivity contribution >= 4 is 18.2 Å². The highest BCUT2D eigenvalue weighted by Crippen LogP contribution is 2.20. The molecule has 2 amide bonds. The third-order valence-corrected chi connectivity index (χ3v) is 4.23. The average Bonchev–Trinajstić information content (AvgIpc) is 2.63. The molecule has 8 heteroatoms. The minimum atomic E-state index is -1.13. The molecule has 0 radical (unpaired) electrons. The summed E-state index contributed by atoms with van der Waals surface area (Å²) in [5.41, 5.74) is 0.185. The minimum Gasteiger partial charge on any atom is -0.480 e. The van der Waals surface area contributed by atoms with Crippen LogP contribution >= 0.6 is 0 Å². The predicted molar refractivity (Wildman–Crippen MR) is 102 cm³/mol. The summed E-state index contributed by atoms with van der Waals surface area (Å²) in [5.74, 6) is -1.13. The van der Waals surface area contributed by atoms with Crippen LogP contribution in [0.5, 0.6) is 0 Å². The molecule has 154 valence electrons. The van der Waals surface area contributed by atoms with Gasteiger partial charge in [0.15, 0.2) is 0 Å². The lowest BCUT2D eigenvalue weighted by molar-refractivity contribution is -0.138. The maximum Gasteiger partial charge on any atom is 0.410 e. The van der Waals surface area contributed by atoms with Gasteiger partial charge in [-0.2, -0.15) is 0 Å². The summed E-state index contributed by atoms with van der Waals surface area (Å²) in [6, 6.07) is 8.71. The topological polar surface area (TPSA) is 96.4 Å². The SMILES string of the molecule is CC(C)(C)OC(=O)N1CCC[C@@H](N(CC(=O)O)C(=O)OCc2ccccc2)C1. The first-order valence-corrected chi connectivity index (χ1v) is 9.33. The number of carbonyl (C=O) groups excluding carboxylic acids is 2. The number of rotatable bonds is 5. The van der Waals surface area contributed by atoms with Gasteiger partial charge in [-0.3, -0.25) is 9.69 Å². The summed E-state index contributed by atoms with van der Waals surface area (Å²) in [4.78, 5) is 38.9. The molecular weight excluding hydrogens is 364 g/mol. The number of carboxylic acid groups (broad SMARTS) is 1. The number of amides is 2. The highest BCUT2D eigenvalue weighted by atomic mass is 16.6. The van der Waals surface area contributed by atoms with Crippen LogP contribution < -0.4 is 0 Å². The number of piperidine rings is 1. The Hall–Kier alpha value is -2.77. The van der Waals surface area contributed by atoms with E-state index in [9.17, 15) is 19.5 Å². The summed E-state index contributed by atoms with van der Waals surface area (Å²) < 4.78 is 10.7. The Morgan fingerprint density at radius 1 is 1.21 bits per heavy atom. The summed E-state index contributed by atoms with van der Waals surface area (Å²) >= 11 is 0. The molecule has 1 heterocycles. The van der Waals surface area contributed by atoms with Crippen LogP contribution in [0.4, 0.5) is 9.59 Å². The fourth-order valence-electron chi connectivity index (χ4n) is 2.99. The number of benzene rings is 1. The van der Waals surface area contributed by atoms with Gasteiger partial charge in [0, 0.05) is 13.1 Å². The summed E-state index contributed by atoms with van der Waals surface area (Å²) in [7, 11) is 0. The van der Waals surface area contributed by atoms with E-state index in [0.717, 1.165) is 5.56 Å². The zero-order valence-electron chi connectivity index (χ0n) is 16.6.